The molecule has 1 unspecified atom stereocenters. The monoisotopic (exact) mass is 439 g/mol. The zero-order valence-electron chi connectivity index (χ0n) is 17.8. The first-order chi connectivity index (χ1) is 15.1. The fourth-order valence-corrected chi connectivity index (χ4v) is 4.61. The number of anilines is 1. The van der Waals surface area contributed by atoms with E-state index >= 15 is 0 Å². The van der Waals surface area contributed by atoms with Gasteiger partial charge in [-0.1, -0.05) is 19.0 Å². The van der Waals surface area contributed by atoms with E-state index in [-0.39, 0.29) is 12.0 Å². The van der Waals surface area contributed by atoms with Gasteiger partial charge in [-0.25, -0.2) is 9.50 Å². The normalized spacial score (nSPS) is 16.3. The third-order valence-electron chi connectivity index (χ3n) is 5.71. The lowest BCUT2D eigenvalue weighted by atomic mass is 9.92. The Labute approximate surface area is 184 Å². The summed E-state index contributed by atoms with van der Waals surface area (Å²) in [5.74, 6) is 1.48. The highest BCUT2D eigenvalue weighted by Gasteiger charge is 2.28. The molecule has 1 atom stereocenters. The number of hydrogen-bond acceptors (Lipinski definition) is 9. The van der Waals surface area contributed by atoms with Gasteiger partial charge in [0.05, 0.1) is 11.9 Å². The van der Waals surface area contributed by atoms with Crippen LogP contribution in [0.2, 0.25) is 0 Å². The average Bonchev–Trinajstić information content (AvgIpc) is 3.50. The largest absolute Gasteiger partial charge is 0.466 e. The summed E-state index contributed by atoms with van der Waals surface area (Å²) in [5, 5.41) is 9.29. The molecule has 0 spiro atoms. The molecule has 1 aliphatic heterocycles. The van der Waals surface area contributed by atoms with E-state index in [1.807, 2.05) is 18.3 Å². The maximum Gasteiger partial charge on any atom is 0.324 e. The molecule has 162 valence electrons. The van der Waals surface area contributed by atoms with E-state index < -0.39 is 0 Å². The Morgan fingerprint density at radius 3 is 2.58 bits per heavy atom. The fourth-order valence-electron chi connectivity index (χ4n) is 3.80. The summed E-state index contributed by atoms with van der Waals surface area (Å²) in [6.07, 6.45) is 7.54. The molecule has 0 aromatic carbocycles. The summed E-state index contributed by atoms with van der Waals surface area (Å²) in [5.41, 5.74) is 1.91. The second-order valence-corrected chi connectivity index (χ2v) is 9.11. The lowest BCUT2D eigenvalue weighted by molar-refractivity contribution is 0.130. The number of piperidine rings is 1. The zero-order valence-corrected chi connectivity index (χ0v) is 18.6. The van der Waals surface area contributed by atoms with Crippen molar-refractivity contribution < 1.29 is 9.26 Å². The lowest BCUT2D eigenvalue weighted by Gasteiger charge is -2.33. The van der Waals surface area contributed by atoms with Crippen molar-refractivity contribution in [1.82, 2.24) is 29.7 Å². The Morgan fingerprint density at radius 2 is 1.90 bits per heavy atom. The van der Waals surface area contributed by atoms with Crippen molar-refractivity contribution in [3.8, 4) is 16.5 Å². The molecule has 31 heavy (non-hydrogen) atoms. The van der Waals surface area contributed by atoms with E-state index in [2.05, 4.69) is 50.9 Å². The first-order valence-electron chi connectivity index (χ1n) is 10.6. The van der Waals surface area contributed by atoms with Crippen LogP contribution in [0.3, 0.4) is 0 Å². The average molecular weight is 440 g/mol. The van der Waals surface area contributed by atoms with Crippen LogP contribution in [0, 0.1) is 5.92 Å². The molecule has 5 heterocycles. The number of imidazole rings is 1. The molecule has 4 aromatic rings. The molecule has 1 fully saturated rings. The van der Waals surface area contributed by atoms with Gasteiger partial charge in [-0.2, -0.15) is 4.98 Å². The van der Waals surface area contributed by atoms with Crippen molar-refractivity contribution in [3.63, 3.8) is 0 Å². The van der Waals surface area contributed by atoms with Crippen LogP contribution >= 0.6 is 11.3 Å². The van der Waals surface area contributed by atoms with Gasteiger partial charge in [0.2, 0.25) is 4.96 Å². The highest BCUT2D eigenvalue weighted by molar-refractivity contribution is 7.18. The molecule has 0 radical (unpaired) electrons. The van der Waals surface area contributed by atoms with Crippen LogP contribution in [-0.4, -0.2) is 48.9 Å². The van der Waals surface area contributed by atoms with E-state index in [9.17, 15) is 0 Å². The van der Waals surface area contributed by atoms with Gasteiger partial charge in [0.1, 0.15) is 6.10 Å². The van der Waals surface area contributed by atoms with E-state index in [1.165, 1.54) is 11.3 Å². The summed E-state index contributed by atoms with van der Waals surface area (Å²) in [4.78, 5) is 16.2. The minimum Gasteiger partial charge on any atom is -0.466 e. The Balaban J connectivity index is 1.19. The first kappa shape index (κ1) is 19.9. The SMILES string of the molecule is CC(C)c1noc(N2CCC(C(C)Oc3nn4cc(-c5ccncc5)nc4s3)CC2)n1. The van der Waals surface area contributed by atoms with Gasteiger partial charge in [0.15, 0.2) is 5.82 Å². The van der Waals surface area contributed by atoms with Crippen molar-refractivity contribution in [3.05, 3.63) is 36.5 Å². The predicted molar refractivity (Wildman–Crippen MR) is 118 cm³/mol. The fraction of sp³-hybridized carbons (Fsp3) is 0.476. The van der Waals surface area contributed by atoms with Gasteiger partial charge < -0.3 is 14.2 Å². The third-order valence-corrected chi connectivity index (χ3v) is 6.52. The number of hydrogen-bond donors (Lipinski definition) is 0. The van der Waals surface area contributed by atoms with E-state index in [1.54, 1.807) is 16.9 Å². The predicted octanol–water partition coefficient (Wildman–Crippen LogP) is 4.04. The molecule has 1 saturated heterocycles. The van der Waals surface area contributed by atoms with Gasteiger partial charge in [-0.3, -0.25) is 4.98 Å². The standard InChI is InChI=1S/C21H25N7O2S/c1-13(2)18-24-19(30-26-18)27-10-6-15(7-11-27)14(3)29-21-25-28-12-17(23-20(28)31-21)16-4-8-22-9-5-16/h4-5,8-9,12-15H,6-7,10-11H2,1-3H3. The van der Waals surface area contributed by atoms with Gasteiger partial charge in [-0.05, 0) is 49.2 Å². The van der Waals surface area contributed by atoms with Crippen LogP contribution in [0.25, 0.3) is 16.2 Å². The Hall–Kier alpha value is -3.01. The topological polar surface area (TPSA) is 94.5 Å². The smallest absolute Gasteiger partial charge is 0.324 e. The van der Waals surface area contributed by atoms with E-state index in [0.717, 1.165) is 48.0 Å². The maximum atomic E-state index is 6.19. The summed E-state index contributed by atoms with van der Waals surface area (Å²) < 4.78 is 13.4. The molecule has 0 saturated carbocycles. The number of rotatable bonds is 6. The third kappa shape index (κ3) is 4.12. The van der Waals surface area contributed by atoms with Crippen molar-refractivity contribution in [1.29, 1.82) is 0 Å². The lowest BCUT2D eigenvalue weighted by Crippen LogP contribution is -2.38. The quantitative estimate of drug-likeness (QED) is 0.444. The molecule has 0 aliphatic carbocycles. The highest BCUT2D eigenvalue weighted by Crippen LogP contribution is 2.30. The Kier molecular flexibility index (Phi) is 5.31. The van der Waals surface area contributed by atoms with Gasteiger partial charge in [0.25, 0.3) is 5.19 Å². The van der Waals surface area contributed by atoms with E-state index in [0.29, 0.717) is 17.1 Å². The Bertz CT molecular complexity index is 1110. The molecule has 0 amide bonds. The minimum absolute atomic E-state index is 0.0755. The minimum atomic E-state index is 0.0755. The summed E-state index contributed by atoms with van der Waals surface area (Å²) in [6.45, 7) is 8.02. The molecule has 1 aliphatic rings. The number of nitrogens with zero attached hydrogens (tertiary/aromatic N) is 7. The molecular formula is C21H25N7O2S. The maximum absolute atomic E-state index is 6.19. The second kappa shape index (κ2) is 8.26. The molecular weight excluding hydrogens is 414 g/mol. The number of fused-ring (bicyclic) bond motifs is 1. The van der Waals surface area contributed by atoms with Crippen molar-refractivity contribution >= 4 is 22.3 Å². The summed E-state index contributed by atoms with van der Waals surface area (Å²) >= 11 is 1.47. The van der Waals surface area contributed by atoms with Crippen LogP contribution in [0.15, 0.2) is 35.2 Å². The van der Waals surface area contributed by atoms with Crippen LogP contribution in [0.1, 0.15) is 45.4 Å². The first-order valence-corrected chi connectivity index (χ1v) is 11.4. The highest BCUT2D eigenvalue weighted by atomic mass is 32.1. The zero-order chi connectivity index (χ0) is 21.4. The molecule has 10 heteroatoms. The van der Waals surface area contributed by atoms with Crippen molar-refractivity contribution in [2.75, 3.05) is 18.0 Å². The van der Waals surface area contributed by atoms with Crippen LogP contribution in [-0.2, 0) is 0 Å². The van der Waals surface area contributed by atoms with Crippen LogP contribution in [0.5, 0.6) is 5.19 Å². The van der Waals surface area contributed by atoms with Gasteiger partial charge >= 0.3 is 6.01 Å². The van der Waals surface area contributed by atoms with Gasteiger partial charge in [-0.15, -0.1) is 5.10 Å². The Morgan fingerprint density at radius 1 is 1.13 bits per heavy atom. The molecule has 9 nitrogen and oxygen atoms in total. The van der Waals surface area contributed by atoms with E-state index in [4.69, 9.17) is 9.26 Å². The van der Waals surface area contributed by atoms with Crippen LogP contribution < -0.4 is 9.64 Å². The van der Waals surface area contributed by atoms with Crippen LogP contribution in [0.4, 0.5) is 6.01 Å². The molecule has 5 rings (SSSR count). The molecule has 0 bridgehead atoms. The molecule has 4 aromatic heterocycles. The number of aromatic nitrogens is 6. The van der Waals surface area contributed by atoms with Crippen molar-refractivity contribution in [2.45, 2.75) is 45.6 Å². The van der Waals surface area contributed by atoms with Gasteiger partial charge in [0, 0.05) is 37.0 Å². The second-order valence-electron chi connectivity index (χ2n) is 8.19. The summed E-state index contributed by atoms with van der Waals surface area (Å²) in [7, 11) is 0. The summed E-state index contributed by atoms with van der Waals surface area (Å²) in [6, 6.07) is 4.51. The number of pyridine rings is 1. The molecule has 0 N–H and O–H groups in total. The number of ether oxygens (including phenoxy) is 1. The van der Waals surface area contributed by atoms with Crippen molar-refractivity contribution in [2.24, 2.45) is 5.92 Å².